The molecule has 2 aromatic rings. The first-order valence-electron chi connectivity index (χ1n) is 8.74. The number of hydrogen-bond donors (Lipinski definition) is 1. The van der Waals surface area contributed by atoms with Crippen molar-refractivity contribution in [2.24, 2.45) is 11.7 Å². The first-order valence-corrected chi connectivity index (χ1v) is 8.74. The van der Waals surface area contributed by atoms with Gasteiger partial charge in [0.25, 0.3) is 5.91 Å². The Kier molecular flexibility index (Phi) is 4.85. The van der Waals surface area contributed by atoms with Gasteiger partial charge in [-0.15, -0.1) is 5.10 Å². The number of pyridine rings is 1. The summed E-state index contributed by atoms with van der Waals surface area (Å²) in [7, 11) is 0. The van der Waals surface area contributed by atoms with Crippen molar-refractivity contribution in [1.82, 2.24) is 24.9 Å². The summed E-state index contributed by atoms with van der Waals surface area (Å²) in [5, 5.41) is 8.36. The quantitative estimate of drug-likeness (QED) is 0.914. The van der Waals surface area contributed by atoms with Crippen LogP contribution in [0.5, 0.6) is 0 Å². The standard InChI is InChI=1S/C18H26N6O/c1-13-6-7-20-9-15(13)17(25)23-8-4-5-14(10-23)11-24-12-16(21-22-24)18(2,3)19/h6-7,9,12,14H,4-5,8,10-11,19H2,1-3H3. The van der Waals surface area contributed by atoms with E-state index in [1.165, 1.54) is 0 Å². The van der Waals surface area contributed by atoms with Crippen molar-refractivity contribution >= 4 is 5.91 Å². The molecule has 0 radical (unpaired) electrons. The molecule has 1 saturated heterocycles. The normalized spacial score (nSPS) is 18.4. The Bertz CT molecular complexity index is 748. The zero-order valence-corrected chi connectivity index (χ0v) is 15.1. The van der Waals surface area contributed by atoms with Crippen LogP contribution in [0.3, 0.4) is 0 Å². The summed E-state index contributed by atoms with van der Waals surface area (Å²) < 4.78 is 1.85. The molecule has 134 valence electrons. The number of amides is 1. The SMILES string of the molecule is Cc1ccncc1C(=O)N1CCCC(Cn2cc(C(C)(C)N)nn2)C1. The molecule has 3 heterocycles. The van der Waals surface area contributed by atoms with E-state index >= 15 is 0 Å². The number of nitrogens with zero attached hydrogens (tertiary/aromatic N) is 5. The maximum Gasteiger partial charge on any atom is 0.255 e. The van der Waals surface area contributed by atoms with E-state index < -0.39 is 5.54 Å². The zero-order valence-electron chi connectivity index (χ0n) is 15.1. The van der Waals surface area contributed by atoms with Crippen molar-refractivity contribution < 1.29 is 4.79 Å². The molecule has 1 aliphatic rings. The summed E-state index contributed by atoms with van der Waals surface area (Å²) in [6, 6.07) is 1.88. The number of carbonyl (C=O) groups excluding carboxylic acids is 1. The van der Waals surface area contributed by atoms with E-state index in [9.17, 15) is 4.79 Å². The molecule has 0 aliphatic carbocycles. The minimum atomic E-state index is -0.495. The molecule has 2 N–H and O–H groups in total. The highest BCUT2D eigenvalue weighted by Gasteiger charge is 2.26. The largest absolute Gasteiger partial charge is 0.338 e. The third kappa shape index (κ3) is 4.04. The van der Waals surface area contributed by atoms with Crippen molar-refractivity contribution in [1.29, 1.82) is 0 Å². The minimum absolute atomic E-state index is 0.0673. The van der Waals surface area contributed by atoms with Gasteiger partial charge in [-0.25, -0.2) is 0 Å². The van der Waals surface area contributed by atoms with Crippen molar-refractivity contribution in [2.45, 2.75) is 45.7 Å². The smallest absolute Gasteiger partial charge is 0.255 e. The number of piperidine rings is 1. The van der Waals surface area contributed by atoms with Gasteiger partial charge in [0.15, 0.2) is 0 Å². The van der Waals surface area contributed by atoms with Gasteiger partial charge in [0.05, 0.1) is 17.3 Å². The number of aryl methyl sites for hydroxylation is 1. The van der Waals surface area contributed by atoms with Crippen LogP contribution in [0.1, 0.15) is 48.3 Å². The number of rotatable bonds is 4. The molecule has 0 aromatic carbocycles. The zero-order chi connectivity index (χ0) is 18.0. The summed E-state index contributed by atoms with van der Waals surface area (Å²) in [4.78, 5) is 18.8. The number of carbonyl (C=O) groups is 1. The van der Waals surface area contributed by atoms with Gasteiger partial charge < -0.3 is 10.6 Å². The molecule has 1 unspecified atom stereocenters. The number of likely N-dealkylation sites (tertiary alicyclic amines) is 1. The Labute approximate surface area is 148 Å². The molecule has 0 saturated carbocycles. The highest BCUT2D eigenvalue weighted by atomic mass is 16.2. The summed E-state index contributed by atoms with van der Waals surface area (Å²) in [5.74, 6) is 0.433. The highest BCUT2D eigenvalue weighted by Crippen LogP contribution is 2.21. The van der Waals surface area contributed by atoms with Crippen LogP contribution in [-0.4, -0.2) is 43.9 Å². The van der Waals surface area contributed by atoms with Gasteiger partial charge in [-0.3, -0.25) is 14.5 Å². The summed E-state index contributed by atoms with van der Waals surface area (Å²) in [6.07, 6.45) is 7.36. The van der Waals surface area contributed by atoms with Gasteiger partial charge in [0.1, 0.15) is 5.69 Å². The van der Waals surface area contributed by atoms with E-state index in [4.69, 9.17) is 5.73 Å². The lowest BCUT2D eigenvalue weighted by molar-refractivity contribution is 0.0658. The molecule has 7 nitrogen and oxygen atoms in total. The lowest BCUT2D eigenvalue weighted by Crippen LogP contribution is -2.41. The monoisotopic (exact) mass is 342 g/mol. The first kappa shape index (κ1) is 17.5. The second-order valence-corrected chi connectivity index (χ2v) is 7.50. The molecular weight excluding hydrogens is 316 g/mol. The maximum absolute atomic E-state index is 12.8. The minimum Gasteiger partial charge on any atom is -0.338 e. The number of nitrogens with two attached hydrogens (primary N) is 1. The Balaban J connectivity index is 1.66. The van der Waals surface area contributed by atoms with Crippen molar-refractivity contribution in [3.8, 4) is 0 Å². The summed E-state index contributed by atoms with van der Waals surface area (Å²) >= 11 is 0. The average Bonchev–Trinajstić information content (AvgIpc) is 3.04. The second-order valence-electron chi connectivity index (χ2n) is 7.50. The summed E-state index contributed by atoms with van der Waals surface area (Å²) in [5.41, 5.74) is 8.01. The molecule has 1 amide bonds. The molecule has 1 fully saturated rings. The van der Waals surface area contributed by atoms with Crippen molar-refractivity contribution in [3.05, 3.63) is 41.5 Å². The second kappa shape index (κ2) is 6.92. The molecular formula is C18H26N6O. The van der Waals surface area contributed by atoms with Crippen LogP contribution in [0.2, 0.25) is 0 Å². The Morgan fingerprint density at radius 2 is 2.24 bits per heavy atom. The fourth-order valence-corrected chi connectivity index (χ4v) is 3.20. The van der Waals surface area contributed by atoms with Crippen molar-refractivity contribution in [2.75, 3.05) is 13.1 Å². The molecule has 7 heteroatoms. The molecule has 0 spiro atoms. The highest BCUT2D eigenvalue weighted by molar-refractivity contribution is 5.95. The van der Waals surface area contributed by atoms with E-state index in [0.29, 0.717) is 11.5 Å². The van der Waals surface area contributed by atoms with E-state index in [1.54, 1.807) is 12.4 Å². The third-order valence-corrected chi connectivity index (χ3v) is 4.72. The Morgan fingerprint density at radius 1 is 1.44 bits per heavy atom. The predicted octanol–water partition coefficient (Wildman–Crippen LogP) is 1.73. The molecule has 2 aromatic heterocycles. The molecule has 1 aliphatic heterocycles. The van der Waals surface area contributed by atoms with Gasteiger partial charge in [-0.1, -0.05) is 5.21 Å². The Hall–Kier alpha value is -2.28. The predicted molar refractivity (Wildman–Crippen MR) is 94.8 cm³/mol. The van der Waals surface area contributed by atoms with Gasteiger partial charge >= 0.3 is 0 Å². The maximum atomic E-state index is 12.8. The molecule has 25 heavy (non-hydrogen) atoms. The van der Waals surface area contributed by atoms with Gasteiger partial charge in [0.2, 0.25) is 0 Å². The Morgan fingerprint density at radius 3 is 2.92 bits per heavy atom. The average molecular weight is 342 g/mol. The van der Waals surface area contributed by atoms with Gasteiger partial charge in [-0.2, -0.15) is 0 Å². The van der Waals surface area contributed by atoms with Crippen LogP contribution in [0.25, 0.3) is 0 Å². The fraction of sp³-hybridized carbons (Fsp3) is 0.556. The van der Waals surface area contributed by atoms with Crippen LogP contribution in [-0.2, 0) is 12.1 Å². The third-order valence-electron chi connectivity index (χ3n) is 4.72. The lowest BCUT2D eigenvalue weighted by Gasteiger charge is -2.33. The fourth-order valence-electron chi connectivity index (χ4n) is 3.20. The van der Waals surface area contributed by atoms with Crippen LogP contribution in [0.15, 0.2) is 24.7 Å². The molecule has 0 bridgehead atoms. The van der Waals surface area contributed by atoms with E-state index in [1.807, 2.05) is 42.6 Å². The van der Waals surface area contributed by atoms with E-state index in [2.05, 4.69) is 15.3 Å². The summed E-state index contributed by atoms with van der Waals surface area (Å²) in [6.45, 7) is 8.05. The number of aromatic nitrogens is 4. The topological polar surface area (TPSA) is 89.9 Å². The first-order chi connectivity index (χ1) is 11.8. The lowest BCUT2D eigenvalue weighted by atomic mass is 9.97. The van der Waals surface area contributed by atoms with Crippen LogP contribution in [0.4, 0.5) is 0 Å². The molecule has 3 rings (SSSR count). The van der Waals surface area contributed by atoms with Gasteiger partial charge in [0, 0.05) is 32.0 Å². The van der Waals surface area contributed by atoms with Crippen LogP contribution >= 0.6 is 0 Å². The van der Waals surface area contributed by atoms with Crippen molar-refractivity contribution in [3.63, 3.8) is 0 Å². The van der Waals surface area contributed by atoms with E-state index in [-0.39, 0.29) is 5.91 Å². The van der Waals surface area contributed by atoms with Crippen LogP contribution in [0, 0.1) is 12.8 Å². The number of hydrogen-bond acceptors (Lipinski definition) is 5. The van der Waals surface area contributed by atoms with E-state index in [0.717, 1.165) is 43.7 Å². The van der Waals surface area contributed by atoms with Gasteiger partial charge in [-0.05, 0) is 51.2 Å². The molecule has 1 atom stereocenters. The van der Waals surface area contributed by atoms with Crippen LogP contribution < -0.4 is 5.73 Å².